The number of nitrogens with one attached hydrogen (secondary N) is 2. The van der Waals surface area contributed by atoms with Crippen LogP contribution in [0.15, 0.2) is 17.4 Å². The van der Waals surface area contributed by atoms with E-state index in [-0.39, 0.29) is 23.9 Å². The van der Waals surface area contributed by atoms with E-state index in [9.17, 15) is 27.6 Å². The summed E-state index contributed by atoms with van der Waals surface area (Å²) in [6.45, 7) is -0.270. The number of carbonyl (C=O) groups is 3. The number of hydrogen-bond donors (Lipinski definition) is 2. The van der Waals surface area contributed by atoms with Gasteiger partial charge in [-0.25, -0.2) is 9.78 Å². The van der Waals surface area contributed by atoms with Crippen molar-refractivity contribution in [2.45, 2.75) is 6.18 Å². The van der Waals surface area contributed by atoms with Crippen molar-refractivity contribution in [2.75, 3.05) is 25.5 Å². The lowest BCUT2D eigenvalue weighted by molar-refractivity contribution is -0.139. The van der Waals surface area contributed by atoms with Crippen LogP contribution in [0.4, 0.5) is 23.8 Å². The molecule has 0 aliphatic carbocycles. The molecule has 1 atom stereocenters. The molecule has 1 fully saturated rings. The number of carbonyl (C=O) groups excluding carboxylic acids is 3. The SMILES string of the molecule is CO/N=C/C1C(=O)NC(=O)N(CCNc2ncc(C(F)(F)F)cc2Cl)C1=O. The number of rotatable bonds is 6. The van der Waals surface area contributed by atoms with E-state index in [2.05, 4.69) is 20.3 Å². The van der Waals surface area contributed by atoms with E-state index in [0.29, 0.717) is 12.3 Å². The third-order valence-corrected chi connectivity index (χ3v) is 3.69. The Balaban J connectivity index is 2.01. The molecule has 1 saturated heterocycles. The fourth-order valence-electron chi connectivity index (χ4n) is 2.10. The van der Waals surface area contributed by atoms with Gasteiger partial charge in [-0.1, -0.05) is 16.8 Å². The van der Waals surface area contributed by atoms with Crippen LogP contribution in [-0.2, 0) is 20.6 Å². The summed E-state index contributed by atoms with van der Waals surface area (Å²) in [7, 11) is 1.22. The monoisotopic (exact) mass is 407 g/mol. The van der Waals surface area contributed by atoms with Crippen LogP contribution in [0.5, 0.6) is 0 Å². The molecule has 0 aromatic carbocycles. The lowest BCUT2D eigenvalue weighted by Crippen LogP contribution is -2.59. The molecule has 4 amide bonds. The van der Waals surface area contributed by atoms with Crippen molar-refractivity contribution in [1.82, 2.24) is 15.2 Å². The minimum absolute atomic E-state index is 0.0527. The van der Waals surface area contributed by atoms with E-state index in [0.717, 1.165) is 11.1 Å². The van der Waals surface area contributed by atoms with Gasteiger partial charge < -0.3 is 10.2 Å². The number of imide groups is 2. The molecule has 27 heavy (non-hydrogen) atoms. The Labute approximate surface area is 155 Å². The molecule has 1 unspecified atom stereocenters. The summed E-state index contributed by atoms with van der Waals surface area (Å²) in [6.07, 6.45) is -3.04. The first-order valence-electron chi connectivity index (χ1n) is 7.34. The van der Waals surface area contributed by atoms with Crippen LogP contribution in [0.2, 0.25) is 5.02 Å². The molecule has 13 heteroatoms. The summed E-state index contributed by atoms with van der Waals surface area (Å²) < 4.78 is 37.7. The lowest BCUT2D eigenvalue weighted by Gasteiger charge is -2.28. The average molecular weight is 408 g/mol. The zero-order valence-corrected chi connectivity index (χ0v) is 14.5. The van der Waals surface area contributed by atoms with Crippen LogP contribution < -0.4 is 10.6 Å². The number of urea groups is 1. The Bertz CT molecular complexity index is 787. The van der Waals surface area contributed by atoms with Crippen molar-refractivity contribution >= 4 is 41.5 Å². The van der Waals surface area contributed by atoms with Gasteiger partial charge in [0, 0.05) is 19.3 Å². The molecular weight excluding hydrogens is 395 g/mol. The van der Waals surface area contributed by atoms with E-state index in [1.165, 1.54) is 7.11 Å². The van der Waals surface area contributed by atoms with Crippen LogP contribution in [0.25, 0.3) is 0 Å². The maximum Gasteiger partial charge on any atom is 0.417 e. The molecule has 0 bridgehead atoms. The lowest BCUT2D eigenvalue weighted by atomic mass is 10.1. The zero-order chi connectivity index (χ0) is 20.2. The molecule has 9 nitrogen and oxygen atoms in total. The standard InChI is InChI=1S/C14H13ClF3N5O4/c1-27-21-6-8-11(24)22-13(26)23(12(8)25)3-2-19-10-9(15)4-7(5-20-10)14(16,17)18/h4-6,8H,2-3H2,1H3,(H,19,20)(H,22,24,26)/b21-6+. The number of nitrogens with zero attached hydrogens (tertiary/aromatic N) is 3. The maximum atomic E-state index is 12.6. The first-order chi connectivity index (χ1) is 12.6. The van der Waals surface area contributed by atoms with Gasteiger partial charge in [-0.05, 0) is 6.07 Å². The summed E-state index contributed by atoms with van der Waals surface area (Å²) in [4.78, 5) is 44.4. The summed E-state index contributed by atoms with van der Waals surface area (Å²) in [5.41, 5.74) is -1.01. The number of hydrogen-bond acceptors (Lipinski definition) is 7. The highest BCUT2D eigenvalue weighted by Gasteiger charge is 2.39. The second-order valence-corrected chi connectivity index (χ2v) is 5.59. The highest BCUT2D eigenvalue weighted by atomic mass is 35.5. The van der Waals surface area contributed by atoms with Crippen molar-refractivity contribution in [3.05, 3.63) is 22.8 Å². The van der Waals surface area contributed by atoms with Gasteiger partial charge in [0.1, 0.15) is 12.9 Å². The quantitative estimate of drug-likeness (QED) is 0.419. The van der Waals surface area contributed by atoms with Crippen LogP contribution >= 0.6 is 11.6 Å². The molecule has 2 heterocycles. The molecular formula is C14H13ClF3N5O4. The number of amides is 4. The van der Waals surface area contributed by atoms with Gasteiger partial charge in [0.15, 0.2) is 5.92 Å². The number of aromatic nitrogens is 1. The van der Waals surface area contributed by atoms with Crippen LogP contribution in [-0.4, -0.2) is 54.1 Å². The Morgan fingerprint density at radius 1 is 1.44 bits per heavy atom. The molecule has 1 aliphatic heterocycles. The highest BCUT2D eigenvalue weighted by Crippen LogP contribution is 2.32. The van der Waals surface area contributed by atoms with E-state index in [1.807, 2.05) is 5.32 Å². The van der Waals surface area contributed by atoms with E-state index >= 15 is 0 Å². The van der Waals surface area contributed by atoms with Crippen molar-refractivity contribution in [3.8, 4) is 0 Å². The molecule has 1 aliphatic rings. The van der Waals surface area contributed by atoms with Gasteiger partial charge in [0.25, 0.3) is 0 Å². The summed E-state index contributed by atoms with van der Waals surface area (Å²) in [6, 6.07) is -0.230. The summed E-state index contributed by atoms with van der Waals surface area (Å²) >= 11 is 5.75. The van der Waals surface area contributed by atoms with Crippen LogP contribution in [0.1, 0.15) is 5.56 Å². The fourth-order valence-corrected chi connectivity index (χ4v) is 2.34. The molecule has 0 saturated carbocycles. The summed E-state index contributed by atoms with van der Waals surface area (Å²) in [5.74, 6) is -3.06. The number of anilines is 1. The number of halogens is 4. The minimum Gasteiger partial charge on any atom is -0.399 e. The maximum absolute atomic E-state index is 12.6. The summed E-state index contributed by atoms with van der Waals surface area (Å²) in [5, 5.41) is 7.68. The number of pyridine rings is 1. The minimum atomic E-state index is -4.58. The van der Waals surface area contributed by atoms with Gasteiger partial charge in [-0.2, -0.15) is 13.2 Å². The van der Waals surface area contributed by atoms with Gasteiger partial charge in [-0.3, -0.25) is 19.8 Å². The fraction of sp³-hybridized carbons (Fsp3) is 0.357. The molecule has 2 N–H and O–H groups in total. The predicted octanol–water partition coefficient (Wildman–Crippen LogP) is 1.49. The normalized spacial score (nSPS) is 18.0. The third-order valence-electron chi connectivity index (χ3n) is 3.40. The van der Waals surface area contributed by atoms with Crippen LogP contribution in [0, 0.1) is 5.92 Å². The van der Waals surface area contributed by atoms with E-state index in [1.54, 1.807) is 0 Å². The van der Waals surface area contributed by atoms with Gasteiger partial charge in [0.2, 0.25) is 11.8 Å². The van der Waals surface area contributed by atoms with E-state index in [4.69, 9.17) is 11.6 Å². The molecule has 1 aromatic heterocycles. The number of barbiturate groups is 1. The molecule has 0 radical (unpaired) electrons. The van der Waals surface area contributed by atoms with Crippen LogP contribution in [0.3, 0.4) is 0 Å². The number of alkyl halides is 3. The Kier molecular flexibility index (Phi) is 6.20. The first-order valence-corrected chi connectivity index (χ1v) is 7.72. The van der Waals surface area contributed by atoms with Gasteiger partial charge in [0.05, 0.1) is 16.8 Å². The molecule has 146 valence electrons. The van der Waals surface area contributed by atoms with Crippen molar-refractivity contribution < 1.29 is 32.4 Å². The largest absolute Gasteiger partial charge is 0.417 e. The molecule has 0 spiro atoms. The topological polar surface area (TPSA) is 113 Å². The zero-order valence-electron chi connectivity index (χ0n) is 13.7. The average Bonchev–Trinajstić information content (AvgIpc) is 2.57. The van der Waals surface area contributed by atoms with Crippen molar-refractivity contribution in [3.63, 3.8) is 0 Å². The first kappa shape index (κ1) is 20.4. The second-order valence-electron chi connectivity index (χ2n) is 5.18. The Hall–Kier alpha value is -2.89. The van der Waals surface area contributed by atoms with E-state index < -0.39 is 35.5 Å². The van der Waals surface area contributed by atoms with Crippen molar-refractivity contribution in [2.24, 2.45) is 11.1 Å². The number of oxime groups is 1. The second kappa shape index (κ2) is 8.20. The van der Waals surface area contributed by atoms with Crippen molar-refractivity contribution in [1.29, 1.82) is 0 Å². The Morgan fingerprint density at radius 2 is 2.15 bits per heavy atom. The van der Waals surface area contributed by atoms with Gasteiger partial charge >= 0.3 is 12.2 Å². The smallest absolute Gasteiger partial charge is 0.399 e. The molecule has 1 aromatic rings. The Morgan fingerprint density at radius 3 is 2.74 bits per heavy atom. The predicted molar refractivity (Wildman–Crippen MR) is 87.0 cm³/mol. The highest BCUT2D eigenvalue weighted by molar-refractivity contribution is 6.33. The van der Waals surface area contributed by atoms with Gasteiger partial charge in [-0.15, -0.1) is 0 Å². The third kappa shape index (κ3) is 4.84. The molecule has 2 rings (SSSR count).